The van der Waals surface area contributed by atoms with Gasteiger partial charge in [-0.1, -0.05) is 101 Å². The van der Waals surface area contributed by atoms with Crippen LogP contribution >= 0.6 is 0 Å². The third-order valence-corrected chi connectivity index (χ3v) is 13.6. The first-order chi connectivity index (χ1) is 31.9. The number of fused-ring (bicyclic) bond motifs is 4. The second-order valence-electron chi connectivity index (χ2n) is 20.8. The summed E-state index contributed by atoms with van der Waals surface area (Å²) in [7, 11) is 0. The third kappa shape index (κ3) is 7.82. The van der Waals surface area contributed by atoms with Gasteiger partial charge in [-0.05, 0) is 164 Å². The molecule has 0 bridgehead atoms. The van der Waals surface area contributed by atoms with Gasteiger partial charge in [0.15, 0.2) is 5.82 Å². The van der Waals surface area contributed by atoms with Crippen molar-refractivity contribution in [2.45, 2.75) is 93.9 Å². The van der Waals surface area contributed by atoms with Crippen molar-refractivity contribution in [2.75, 3.05) is 16.5 Å². The lowest BCUT2D eigenvalue weighted by atomic mass is 9.79. The summed E-state index contributed by atoms with van der Waals surface area (Å²) in [5, 5.41) is 2.33. The first-order valence-corrected chi connectivity index (χ1v) is 23.6. The van der Waals surface area contributed by atoms with Crippen LogP contribution in [0.5, 0.6) is 11.5 Å². The van der Waals surface area contributed by atoms with Gasteiger partial charge in [-0.3, -0.25) is 4.57 Å². The molecule has 0 spiro atoms. The van der Waals surface area contributed by atoms with E-state index >= 15 is 0 Å². The molecule has 1 aliphatic rings. The van der Waals surface area contributed by atoms with E-state index in [0.717, 1.165) is 50.9 Å². The molecule has 3 aromatic heterocycles. The fourth-order valence-corrected chi connectivity index (χ4v) is 10.6. The van der Waals surface area contributed by atoms with E-state index in [1.54, 1.807) is 0 Å². The Morgan fingerprint density at radius 1 is 0.493 bits per heavy atom. The van der Waals surface area contributed by atoms with E-state index < -0.39 is 0 Å². The molecule has 67 heavy (non-hydrogen) atoms. The highest BCUT2D eigenvalue weighted by atomic mass is 16.5. The maximum atomic E-state index is 6.83. The predicted molar refractivity (Wildman–Crippen MR) is 282 cm³/mol. The Hall–Kier alpha value is -7.18. The van der Waals surface area contributed by atoms with Crippen LogP contribution in [0.2, 0.25) is 0 Å². The number of rotatable bonds is 7. The lowest BCUT2D eigenvalue weighted by molar-refractivity contribution is 0.483. The summed E-state index contributed by atoms with van der Waals surface area (Å²) in [6.07, 6.45) is 3.83. The Labute approximate surface area is 396 Å². The molecule has 0 amide bonds. The van der Waals surface area contributed by atoms with E-state index in [1.165, 1.54) is 77.8 Å². The zero-order valence-electron chi connectivity index (χ0n) is 41.1. The minimum Gasteiger partial charge on any atom is -0.457 e. The molecule has 0 radical (unpaired) electrons. The normalized spacial score (nSPS) is 13.0. The lowest BCUT2D eigenvalue weighted by Crippen LogP contribution is -2.25. The smallest absolute Gasteiger partial charge is 0.158 e. The topological polar surface area (TPSA) is 46.4 Å². The molecule has 0 saturated carbocycles. The van der Waals surface area contributed by atoms with Crippen LogP contribution in [0, 0.1) is 41.5 Å². The molecular weight excluding hydrogens is 819 g/mol. The van der Waals surface area contributed by atoms with Crippen molar-refractivity contribution < 1.29 is 4.74 Å². The Morgan fingerprint density at radius 3 is 1.75 bits per heavy atom. The quantitative estimate of drug-likeness (QED) is 0.160. The van der Waals surface area contributed by atoms with E-state index in [0.29, 0.717) is 6.67 Å². The summed E-state index contributed by atoms with van der Waals surface area (Å²) in [6, 6.07) is 46.2. The highest BCUT2D eigenvalue weighted by molar-refractivity contribution is 6.09. The van der Waals surface area contributed by atoms with Crippen molar-refractivity contribution >= 4 is 44.7 Å². The van der Waals surface area contributed by atoms with Crippen molar-refractivity contribution in [1.82, 2.24) is 14.5 Å². The largest absolute Gasteiger partial charge is 0.457 e. The van der Waals surface area contributed by atoms with Gasteiger partial charge in [0.2, 0.25) is 0 Å². The summed E-state index contributed by atoms with van der Waals surface area (Å²) in [4.78, 5) is 14.8. The molecule has 6 nitrogen and oxygen atoms in total. The van der Waals surface area contributed by atoms with Crippen LogP contribution < -0.4 is 14.5 Å². The molecule has 0 saturated heterocycles. The summed E-state index contributed by atoms with van der Waals surface area (Å²) >= 11 is 0. The van der Waals surface area contributed by atoms with Crippen molar-refractivity contribution in [1.29, 1.82) is 0 Å². The molecule has 10 rings (SSSR count). The van der Waals surface area contributed by atoms with Crippen molar-refractivity contribution in [3.63, 3.8) is 0 Å². The minimum absolute atomic E-state index is 0.0159. The number of benzene rings is 6. The van der Waals surface area contributed by atoms with Crippen molar-refractivity contribution in [3.05, 3.63) is 184 Å². The van der Waals surface area contributed by atoms with E-state index in [4.69, 9.17) is 14.7 Å². The molecule has 0 atom stereocenters. The van der Waals surface area contributed by atoms with Crippen molar-refractivity contribution in [3.8, 4) is 39.6 Å². The number of aryl methyl sites for hydroxylation is 6. The van der Waals surface area contributed by atoms with Gasteiger partial charge in [0, 0.05) is 52.1 Å². The number of hydrogen-bond donors (Lipinski definition) is 0. The van der Waals surface area contributed by atoms with Gasteiger partial charge >= 0.3 is 0 Å². The molecule has 0 N–H and O–H groups in total. The highest BCUT2D eigenvalue weighted by Crippen LogP contribution is 2.53. The molecule has 6 aromatic carbocycles. The van der Waals surface area contributed by atoms with Gasteiger partial charge in [-0.2, -0.15) is 0 Å². The summed E-state index contributed by atoms with van der Waals surface area (Å²) < 4.78 is 9.09. The maximum absolute atomic E-state index is 6.83. The SMILES string of the molecule is Cc1cc(C)c(-c2cc(C(C)(C)C)cc(-c3c(C)cc(C)cc3C)c2N2CN(c3cccc(Oc4ccc5c6ccccc6n(-c6cc(C(C)(C)C)ccn6)c5c4)c3)c3ncccc32)c(C)c1. The average Bonchev–Trinajstić information content (AvgIpc) is 3.81. The Morgan fingerprint density at radius 2 is 1.10 bits per heavy atom. The van der Waals surface area contributed by atoms with Gasteiger partial charge in [0.05, 0.1) is 22.4 Å². The first-order valence-electron chi connectivity index (χ1n) is 23.6. The monoisotopic (exact) mass is 879 g/mol. The average molecular weight is 880 g/mol. The maximum Gasteiger partial charge on any atom is 0.158 e. The van der Waals surface area contributed by atoms with E-state index in [9.17, 15) is 0 Å². The van der Waals surface area contributed by atoms with Gasteiger partial charge < -0.3 is 14.5 Å². The zero-order chi connectivity index (χ0) is 47.1. The summed E-state index contributed by atoms with van der Waals surface area (Å²) in [5.41, 5.74) is 20.5. The minimum atomic E-state index is -0.0900. The van der Waals surface area contributed by atoms with Crippen LogP contribution in [0.25, 0.3) is 49.9 Å². The second-order valence-corrected chi connectivity index (χ2v) is 20.8. The Bertz CT molecular complexity index is 3290. The van der Waals surface area contributed by atoms with Gasteiger partial charge in [0.25, 0.3) is 0 Å². The summed E-state index contributed by atoms with van der Waals surface area (Å²) in [5.74, 6) is 3.29. The molecule has 336 valence electrons. The van der Waals surface area contributed by atoms with E-state index in [2.05, 4.69) is 219 Å². The number of aromatic nitrogens is 3. The number of pyridine rings is 2. The van der Waals surface area contributed by atoms with Crippen LogP contribution in [-0.4, -0.2) is 21.2 Å². The van der Waals surface area contributed by atoms with Crippen LogP contribution in [0.3, 0.4) is 0 Å². The molecule has 6 heteroatoms. The number of ether oxygens (including phenoxy) is 1. The number of para-hydroxylation sites is 1. The summed E-state index contributed by atoms with van der Waals surface area (Å²) in [6.45, 7) is 27.7. The van der Waals surface area contributed by atoms with E-state index in [1.807, 2.05) is 18.5 Å². The number of anilines is 4. The second kappa shape index (κ2) is 16.3. The van der Waals surface area contributed by atoms with Crippen LogP contribution in [0.4, 0.5) is 22.9 Å². The molecule has 0 aliphatic carbocycles. The molecular formula is C61H61N5O. The lowest BCUT2D eigenvalue weighted by Gasteiger charge is -2.32. The van der Waals surface area contributed by atoms with Crippen LogP contribution in [0.1, 0.15) is 86.1 Å². The van der Waals surface area contributed by atoms with Gasteiger partial charge in [-0.15, -0.1) is 0 Å². The van der Waals surface area contributed by atoms with Gasteiger partial charge in [-0.25, -0.2) is 9.97 Å². The third-order valence-electron chi connectivity index (χ3n) is 13.6. The van der Waals surface area contributed by atoms with Crippen molar-refractivity contribution in [2.24, 2.45) is 0 Å². The predicted octanol–water partition coefficient (Wildman–Crippen LogP) is 16.4. The molecule has 9 aromatic rings. The highest BCUT2D eigenvalue weighted by Gasteiger charge is 2.35. The number of hydrogen-bond acceptors (Lipinski definition) is 5. The Balaban J connectivity index is 1.10. The first kappa shape index (κ1) is 43.7. The Kier molecular flexibility index (Phi) is 10.6. The van der Waals surface area contributed by atoms with E-state index in [-0.39, 0.29) is 10.8 Å². The fourth-order valence-electron chi connectivity index (χ4n) is 10.6. The van der Waals surface area contributed by atoms with Gasteiger partial charge in [0.1, 0.15) is 24.0 Å². The number of nitrogens with zero attached hydrogens (tertiary/aromatic N) is 5. The molecule has 0 fully saturated rings. The zero-order valence-corrected chi connectivity index (χ0v) is 41.1. The fraction of sp³-hybridized carbons (Fsp3) is 0.246. The molecule has 0 unspecified atom stereocenters. The molecule has 4 heterocycles. The molecule has 1 aliphatic heterocycles. The van der Waals surface area contributed by atoms with Crippen LogP contribution in [0.15, 0.2) is 140 Å². The standard InChI is InChI=1S/C61H61N5O/c1-37-27-39(3)56(40(4)28-37)50-31-44(61(10,11)12)32-51(57-41(5)29-38(2)30-42(57)6)58(50)65-36-64(59-53(65)21-16-25-63-59)45-17-15-18-46(34-45)67-47-22-23-49-48-19-13-14-20-52(48)66(54(49)35-47)55-33-43(24-26-62-55)60(7,8)9/h13-35H,36H2,1-12H3. The van der Waals surface area contributed by atoms with Crippen LogP contribution in [-0.2, 0) is 10.8 Å².